The minimum Gasteiger partial charge on any atom is -0.247 e. The second kappa shape index (κ2) is 17.3. The van der Waals surface area contributed by atoms with E-state index in [-0.39, 0.29) is 0 Å². The number of nitrogens with one attached hydrogen (secondary N) is 1. The van der Waals surface area contributed by atoms with E-state index in [1.54, 1.807) is 0 Å². The number of aromatic amines is 1. The van der Waals surface area contributed by atoms with Crippen LogP contribution in [0.5, 0.6) is 0 Å². The van der Waals surface area contributed by atoms with Crippen LogP contribution in [0.25, 0.3) is 0 Å². The molecule has 158 valence electrons. The van der Waals surface area contributed by atoms with Gasteiger partial charge in [-0.1, -0.05) is 111 Å². The van der Waals surface area contributed by atoms with Gasteiger partial charge in [0.1, 0.15) is 12.4 Å². The summed E-state index contributed by atoms with van der Waals surface area (Å²) in [5.74, 6) is 2.20. The van der Waals surface area contributed by atoms with E-state index in [2.05, 4.69) is 42.7 Å². The molecule has 2 heteroatoms. The van der Waals surface area contributed by atoms with Crippen molar-refractivity contribution in [3.63, 3.8) is 0 Å². The maximum Gasteiger partial charge on any atom is 0.257 e. The van der Waals surface area contributed by atoms with Crippen molar-refractivity contribution in [2.24, 2.45) is 0 Å². The minimum absolute atomic E-state index is 0.726. The Kier molecular flexibility index (Phi) is 15.6. The average molecular weight is 378 g/mol. The third-order valence-corrected chi connectivity index (χ3v) is 5.94. The molecule has 0 saturated heterocycles. The fraction of sp³-hybridized carbons (Fsp3) is 0.880. The van der Waals surface area contributed by atoms with Crippen molar-refractivity contribution in [1.29, 1.82) is 0 Å². The lowest BCUT2D eigenvalue weighted by molar-refractivity contribution is -0.704. The first kappa shape index (κ1) is 24.2. The summed E-state index contributed by atoms with van der Waals surface area (Å²) in [4.78, 5) is 3.54. The SMILES string of the molecule is CCCCCCCCCCCCCCC[C@H](CCC)c1[nH]cc[n+]1CCC. The van der Waals surface area contributed by atoms with Gasteiger partial charge in [0.25, 0.3) is 5.82 Å². The Morgan fingerprint density at radius 2 is 1.22 bits per heavy atom. The summed E-state index contributed by atoms with van der Waals surface area (Å²) in [5.41, 5.74) is 0. The van der Waals surface area contributed by atoms with Crippen molar-refractivity contribution >= 4 is 0 Å². The number of rotatable bonds is 19. The van der Waals surface area contributed by atoms with Gasteiger partial charge in [-0.3, -0.25) is 0 Å². The molecular weight excluding hydrogens is 328 g/mol. The van der Waals surface area contributed by atoms with Gasteiger partial charge in [0.15, 0.2) is 0 Å². The third kappa shape index (κ3) is 11.6. The molecule has 0 bridgehead atoms. The van der Waals surface area contributed by atoms with Crippen LogP contribution in [-0.4, -0.2) is 4.98 Å². The van der Waals surface area contributed by atoms with Gasteiger partial charge < -0.3 is 0 Å². The zero-order valence-corrected chi connectivity index (χ0v) is 18.9. The van der Waals surface area contributed by atoms with Gasteiger partial charge in [-0.15, -0.1) is 0 Å². The van der Waals surface area contributed by atoms with Crippen molar-refractivity contribution in [2.75, 3.05) is 0 Å². The maximum absolute atomic E-state index is 3.54. The molecule has 2 nitrogen and oxygen atoms in total. The van der Waals surface area contributed by atoms with E-state index >= 15 is 0 Å². The minimum atomic E-state index is 0.726. The van der Waals surface area contributed by atoms with Crippen molar-refractivity contribution in [2.45, 2.75) is 142 Å². The quantitative estimate of drug-likeness (QED) is 0.186. The molecule has 0 amide bonds. The van der Waals surface area contributed by atoms with Crippen LogP contribution < -0.4 is 4.57 Å². The number of imidazole rings is 1. The molecule has 0 spiro atoms. The molecule has 0 fully saturated rings. The molecule has 1 rings (SSSR count). The normalized spacial score (nSPS) is 12.6. The molecule has 0 radical (unpaired) electrons. The summed E-state index contributed by atoms with van der Waals surface area (Å²) in [5, 5.41) is 0. The first-order valence-corrected chi connectivity index (χ1v) is 12.4. The monoisotopic (exact) mass is 377 g/mol. The molecule has 1 aromatic heterocycles. The molecule has 0 aliphatic carbocycles. The maximum atomic E-state index is 3.54. The molecule has 0 aliphatic heterocycles. The van der Waals surface area contributed by atoms with Crippen molar-refractivity contribution in [3.05, 3.63) is 18.2 Å². The molecular formula is C25H49N2+. The molecule has 1 heterocycles. The Balaban J connectivity index is 2.04. The zero-order chi connectivity index (χ0) is 19.6. The van der Waals surface area contributed by atoms with Crippen LogP contribution >= 0.6 is 0 Å². The Morgan fingerprint density at radius 3 is 1.74 bits per heavy atom. The lowest BCUT2D eigenvalue weighted by atomic mass is 9.95. The Hall–Kier alpha value is -0.790. The molecule has 27 heavy (non-hydrogen) atoms. The van der Waals surface area contributed by atoms with Crippen molar-refractivity contribution < 1.29 is 4.57 Å². The predicted molar refractivity (Wildman–Crippen MR) is 119 cm³/mol. The number of aromatic nitrogens is 2. The summed E-state index contributed by atoms with van der Waals surface area (Å²) in [6, 6.07) is 0. The van der Waals surface area contributed by atoms with Gasteiger partial charge in [0.2, 0.25) is 0 Å². The van der Waals surface area contributed by atoms with Crippen LogP contribution in [0.4, 0.5) is 0 Å². The topological polar surface area (TPSA) is 19.7 Å². The predicted octanol–water partition coefficient (Wildman–Crippen LogP) is 8.08. The van der Waals surface area contributed by atoms with Gasteiger partial charge in [-0.25, -0.2) is 9.55 Å². The highest BCUT2D eigenvalue weighted by molar-refractivity contribution is 4.89. The molecule has 1 aromatic rings. The molecule has 1 N–H and O–H groups in total. The number of hydrogen-bond acceptors (Lipinski definition) is 0. The van der Waals surface area contributed by atoms with Gasteiger partial charge >= 0.3 is 0 Å². The van der Waals surface area contributed by atoms with E-state index in [1.807, 2.05) is 0 Å². The standard InChI is InChI=1S/C25H48N2/c1-4-7-8-9-10-11-12-13-14-15-16-17-18-20-24(19-5-2)25-26-21-23-27(25)22-6-3/h21,23-24H,4-20,22H2,1-3H3/p+1/t24-/m0/s1. The van der Waals surface area contributed by atoms with Crippen LogP contribution in [-0.2, 0) is 6.54 Å². The second-order valence-corrected chi connectivity index (χ2v) is 8.56. The second-order valence-electron chi connectivity index (χ2n) is 8.56. The zero-order valence-electron chi connectivity index (χ0n) is 18.9. The molecule has 0 aromatic carbocycles. The van der Waals surface area contributed by atoms with Crippen molar-refractivity contribution in [3.8, 4) is 0 Å². The van der Waals surface area contributed by atoms with Crippen LogP contribution in [0.2, 0.25) is 0 Å². The number of aryl methyl sites for hydroxylation is 1. The molecule has 1 atom stereocenters. The van der Waals surface area contributed by atoms with Crippen LogP contribution in [0.3, 0.4) is 0 Å². The Labute approximate surface area is 170 Å². The van der Waals surface area contributed by atoms with E-state index < -0.39 is 0 Å². The van der Waals surface area contributed by atoms with Gasteiger partial charge in [-0.2, -0.15) is 0 Å². The van der Waals surface area contributed by atoms with E-state index in [9.17, 15) is 0 Å². The number of H-pyrrole nitrogens is 1. The van der Waals surface area contributed by atoms with E-state index in [0.29, 0.717) is 0 Å². The smallest absolute Gasteiger partial charge is 0.247 e. The van der Waals surface area contributed by atoms with Gasteiger partial charge in [0.05, 0.1) is 12.5 Å². The van der Waals surface area contributed by atoms with Crippen LogP contribution in [0.1, 0.15) is 142 Å². The van der Waals surface area contributed by atoms with Gasteiger partial charge in [-0.05, 0) is 19.3 Å². The first-order valence-electron chi connectivity index (χ1n) is 12.4. The highest BCUT2D eigenvalue weighted by Crippen LogP contribution is 2.24. The molecule has 0 unspecified atom stereocenters. The lowest BCUT2D eigenvalue weighted by Crippen LogP contribution is -2.37. The Morgan fingerprint density at radius 1 is 0.667 bits per heavy atom. The number of unbranched alkanes of at least 4 members (excludes halogenated alkanes) is 12. The highest BCUT2D eigenvalue weighted by Gasteiger charge is 2.21. The summed E-state index contributed by atoms with van der Waals surface area (Å²) < 4.78 is 2.45. The summed E-state index contributed by atoms with van der Waals surface area (Å²) in [7, 11) is 0. The number of nitrogens with zero attached hydrogens (tertiary/aromatic N) is 1. The fourth-order valence-electron chi connectivity index (χ4n) is 4.34. The van der Waals surface area contributed by atoms with E-state index in [1.165, 1.54) is 115 Å². The first-order chi connectivity index (χ1) is 13.3. The summed E-state index contributed by atoms with van der Waals surface area (Å²) >= 11 is 0. The van der Waals surface area contributed by atoms with E-state index in [0.717, 1.165) is 12.5 Å². The number of hydrogen-bond donors (Lipinski definition) is 1. The highest BCUT2D eigenvalue weighted by atomic mass is 15.1. The summed E-state index contributed by atoms with van der Waals surface area (Å²) in [6.07, 6.45) is 28.3. The van der Waals surface area contributed by atoms with E-state index in [4.69, 9.17) is 0 Å². The fourth-order valence-corrected chi connectivity index (χ4v) is 4.34. The average Bonchev–Trinajstić information content (AvgIpc) is 3.13. The molecule has 0 saturated carbocycles. The Bertz CT molecular complexity index is 424. The van der Waals surface area contributed by atoms with Gasteiger partial charge in [0, 0.05) is 0 Å². The van der Waals surface area contributed by atoms with Crippen molar-refractivity contribution in [1.82, 2.24) is 4.98 Å². The van der Waals surface area contributed by atoms with Crippen LogP contribution in [0.15, 0.2) is 12.4 Å². The van der Waals surface area contributed by atoms with Crippen LogP contribution in [0, 0.1) is 0 Å². The summed E-state index contributed by atoms with van der Waals surface area (Å²) in [6.45, 7) is 8.04. The largest absolute Gasteiger partial charge is 0.257 e. The molecule has 0 aliphatic rings. The lowest BCUT2D eigenvalue weighted by Gasteiger charge is -2.13. The third-order valence-electron chi connectivity index (χ3n) is 5.94.